The molecule has 0 saturated carbocycles. The maximum Gasteiger partial charge on any atom is 0.337 e. The van der Waals surface area contributed by atoms with Crippen molar-refractivity contribution in [3.05, 3.63) is 69.3 Å². The first-order chi connectivity index (χ1) is 15.0. The quantitative estimate of drug-likeness (QED) is 0.651. The second-order valence-corrected chi connectivity index (χ2v) is 7.86. The van der Waals surface area contributed by atoms with Gasteiger partial charge in [-0.15, -0.1) is 0 Å². The molecule has 0 radical (unpaired) electrons. The second kappa shape index (κ2) is 8.71. The van der Waals surface area contributed by atoms with Crippen molar-refractivity contribution in [3.63, 3.8) is 0 Å². The van der Waals surface area contributed by atoms with Crippen molar-refractivity contribution >= 4 is 28.5 Å². The normalized spacial score (nSPS) is 13.7. The van der Waals surface area contributed by atoms with Crippen LogP contribution in [-0.2, 0) is 17.7 Å². The number of methoxy groups -OCH3 is 1. The maximum atomic E-state index is 13.0. The minimum atomic E-state index is -0.428. The van der Waals surface area contributed by atoms with Crippen molar-refractivity contribution in [1.29, 1.82) is 0 Å². The number of benzene rings is 2. The lowest BCUT2D eigenvalue weighted by atomic mass is 10.1. The molecular formula is C24H25N3O4. The zero-order valence-electron chi connectivity index (χ0n) is 17.7. The van der Waals surface area contributed by atoms with Crippen LogP contribution in [0.5, 0.6) is 0 Å². The Morgan fingerprint density at radius 3 is 2.58 bits per heavy atom. The van der Waals surface area contributed by atoms with Crippen LogP contribution in [0.4, 0.5) is 5.69 Å². The molecule has 1 aliphatic heterocycles. The van der Waals surface area contributed by atoms with E-state index in [0.717, 1.165) is 43.5 Å². The molecule has 0 unspecified atom stereocenters. The average Bonchev–Trinajstić information content (AvgIpc) is 2.75. The summed E-state index contributed by atoms with van der Waals surface area (Å²) in [5, 5.41) is 3.40. The van der Waals surface area contributed by atoms with Crippen LogP contribution in [0.1, 0.15) is 57.8 Å². The monoisotopic (exact) mass is 419 g/mol. The summed E-state index contributed by atoms with van der Waals surface area (Å²) >= 11 is 0. The number of fused-ring (bicyclic) bond motifs is 2. The average molecular weight is 419 g/mol. The second-order valence-electron chi connectivity index (χ2n) is 7.86. The molecule has 0 spiro atoms. The molecule has 2 heterocycles. The van der Waals surface area contributed by atoms with E-state index < -0.39 is 5.97 Å². The number of nitrogens with zero attached hydrogens (tertiary/aromatic N) is 2. The molecule has 0 aliphatic carbocycles. The Kier molecular flexibility index (Phi) is 5.84. The molecule has 1 aliphatic rings. The molecule has 1 N–H and O–H groups in total. The number of rotatable bonds is 3. The molecule has 1 aromatic heterocycles. The van der Waals surface area contributed by atoms with E-state index in [4.69, 9.17) is 9.72 Å². The van der Waals surface area contributed by atoms with Gasteiger partial charge in [0.2, 0.25) is 0 Å². The Bertz CT molecular complexity index is 1230. The summed E-state index contributed by atoms with van der Waals surface area (Å²) in [5.41, 5.74) is 2.69. The molecule has 2 aromatic carbocycles. The van der Waals surface area contributed by atoms with Crippen LogP contribution >= 0.6 is 0 Å². The molecule has 1 amide bonds. The number of aryl methyl sites for hydroxylation is 2. The molecule has 7 heteroatoms. The van der Waals surface area contributed by atoms with E-state index in [9.17, 15) is 14.4 Å². The minimum absolute atomic E-state index is 0.0388. The molecule has 0 saturated heterocycles. The van der Waals surface area contributed by atoms with Crippen molar-refractivity contribution in [3.8, 4) is 0 Å². The first kappa shape index (κ1) is 20.8. The smallest absolute Gasteiger partial charge is 0.337 e. The Balaban J connectivity index is 1.64. The molecule has 31 heavy (non-hydrogen) atoms. The van der Waals surface area contributed by atoms with E-state index in [1.807, 2.05) is 6.92 Å². The third-order valence-corrected chi connectivity index (χ3v) is 5.72. The van der Waals surface area contributed by atoms with Gasteiger partial charge < -0.3 is 10.1 Å². The summed E-state index contributed by atoms with van der Waals surface area (Å²) in [6.45, 7) is 2.50. The van der Waals surface area contributed by atoms with Gasteiger partial charge in [-0.3, -0.25) is 14.2 Å². The highest BCUT2D eigenvalue weighted by Gasteiger charge is 2.16. The van der Waals surface area contributed by atoms with Gasteiger partial charge in [0.15, 0.2) is 0 Å². The van der Waals surface area contributed by atoms with Crippen LogP contribution in [0, 0.1) is 6.92 Å². The first-order valence-corrected chi connectivity index (χ1v) is 10.5. The van der Waals surface area contributed by atoms with Gasteiger partial charge >= 0.3 is 5.97 Å². The number of nitrogens with one attached hydrogen (secondary N) is 1. The fourth-order valence-corrected chi connectivity index (χ4v) is 3.98. The molecule has 3 aromatic rings. The molecule has 0 fully saturated rings. The fourth-order valence-electron chi connectivity index (χ4n) is 3.98. The van der Waals surface area contributed by atoms with Gasteiger partial charge in [0.1, 0.15) is 5.82 Å². The Labute approximate surface area is 180 Å². The van der Waals surface area contributed by atoms with Crippen LogP contribution in [-0.4, -0.2) is 28.5 Å². The van der Waals surface area contributed by atoms with E-state index in [1.54, 1.807) is 41.0 Å². The van der Waals surface area contributed by atoms with E-state index in [1.165, 1.54) is 7.11 Å². The number of anilines is 1. The van der Waals surface area contributed by atoms with Crippen LogP contribution < -0.4 is 10.9 Å². The van der Waals surface area contributed by atoms with Gasteiger partial charge in [-0.05, 0) is 61.7 Å². The summed E-state index contributed by atoms with van der Waals surface area (Å²) in [7, 11) is 1.33. The zero-order chi connectivity index (χ0) is 22.0. The Morgan fingerprint density at radius 1 is 1.03 bits per heavy atom. The lowest BCUT2D eigenvalue weighted by Gasteiger charge is -2.16. The molecule has 0 atom stereocenters. The van der Waals surface area contributed by atoms with Crippen molar-refractivity contribution < 1.29 is 14.3 Å². The number of hydrogen-bond acceptors (Lipinski definition) is 5. The molecule has 7 nitrogen and oxygen atoms in total. The third-order valence-electron chi connectivity index (χ3n) is 5.72. The van der Waals surface area contributed by atoms with Crippen LogP contribution in [0.25, 0.3) is 10.9 Å². The number of hydrogen-bond donors (Lipinski definition) is 1. The number of ether oxygens (including phenoxy) is 1. The maximum absolute atomic E-state index is 13.0. The van der Waals surface area contributed by atoms with Crippen molar-refractivity contribution in [2.45, 2.75) is 45.6 Å². The van der Waals surface area contributed by atoms with Crippen molar-refractivity contribution in [2.75, 3.05) is 12.4 Å². The van der Waals surface area contributed by atoms with Crippen molar-refractivity contribution in [2.24, 2.45) is 0 Å². The van der Waals surface area contributed by atoms with E-state index in [0.29, 0.717) is 34.3 Å². The molecular weight excluding hydrogens is 394 g/mol. The highest BCUT2D eigenvalue weighted by atomic mass is 16.5. The van der Waals surface area contributed by atoms with Gasteiger partial charge in [0, 0.05) is 24.2 Å². The standard InChI is InChI=1S/C24H25N3O4/c1-15-13-17(24(30)31-2)9-11-19(15)26-22(28)16-8-10-18-20(14-16)25-21-7-5-3-4-6-12-27(21)23(18)29/h8-11,13-14H,3-7,12H2,1-2H3,(H,26,28). The summed E-state index contributed by atoms with van der Waals surface area (Å²) in [6, 6.07) is 9.95. The number of carbonyl (C=O) groups is 2. The van der Waals surface area contributed by atoms with Crippen LogP contribution in [0.15, 0.2) is 41.2 Å². The zero-order valence-corrected chi connectivity index (χ0v) is 17.7. The number of esters is 1. The van der Waals surface area contributed by atoms with Crippen molar-refractivity contribution in [1.82, 2.24) is 9.55 Å². The number of aromatic nitrogens is 2. The Morgan fingerprint density at radius 2 is 1.81 bits per heavy atom. The predicted octanol–water partition coefficient (Wildman–Crippen LogP) is 3.86. The SMILES string of the molecule is COC(=O)c1ccc(NC(=O)c2ccc3c(=O)n4c(nc3c2)CCCCCC4)c(C)c1. The van der Waals surface area contributed by atoms with E-state index in [-0.39, 0.29) is 11.5 Å². The molecule has 4 rings (SSSR count). The van der Waals surface area contributed by atoms with Gasteiger partial charge in [-0.1, -0.05) is 12.8 Å². The topological polar surface area (TPSA) is 90.3 Å². The predicted molar refractivity (Wildman–Crippen MR) is 119 cm³/mol. The fraction of sp³-hybridized carbons (Fsp3) is 0.333. The number of carbonyl (C=O) groups excluding carboxylic acids is 2. The highest BCUT2D eigenvalue weighted by molar-refractivity contribution is 6.06. The van der Waals surface area contributed by atoms with E-state index in [2.05, 4.69) is 5.32 Å². The van der Waals surface area contributed by atoms with Gasteiger partial charge in [-0.2, -0.15) is 0 Å². The summed E-state index contributed by atoms with van der Waals surface area (Å²) in [4.78, 5) is 42.2. The van der Waals surface area contributed by atoms with E-state index >= 15 is 0 Å². The third kappa shape index (κ3) is 4.21. The summed E-state index contributed by atoms with van der Waals surface area (Å²) < 4.78 is 6.51. The van der Waals surface area contributed by atoms with Gasteiger partial charge in [0.25, 0.3) is 11.5 Å². The van der Waals surface area contributed by atoms with Gasteiger partial charge in [0.05, 0.1) is 23.6 Å². The highest BCUT2D eigenvalue weighted by Crippen LogP contribution is 2.20. The molecule has 160 valence electrons. The molecule has 0 bridgehead atoms. The minimum Gasteiger partial charge on any atom is -0.465 e. The first-order valence-electron chi connectivity index (χ1n) is 10.5. The van der Waals surface area contributed by atoms with Gasteiger partial charge in [-0.25, -0.2) is 9.78 Å². The summed E-state index contributed by atoms with van der Waals surface area (Å²) in [6.07, 6.45) is 5.04. The summed E-state index contributed by atoms with van der Waals surface area (Å²) in [5.74, 6) is 0.0659. The number of amides is 1. The van der Waals surface area contributed by atoms with Crippen LogP contribution in [0.2, 0.25) is 0 Å². The van der Waals surface area contributed by atoms with Crippen LogP contribution in [0.3, 0.4) is 0 Å². The lowest BCUT2D eigenvalue weighted by molar-refractivity contribution is 0.0600. The lowest BCUT2D eigenvalue weighted by Crippen LogP contribution is -2.26. The Hall–Kier alpha value is -3.48. The largest absolute Gasteiger partial charge is 0.465 e.